The van der Waals surface area contributed by atoms with Crippen LogP contribution in [0.1, 0.15) is 23.7 Å². The number of hydrogen-bond donors (Lipinski definition) is 1. The molecule has 0 aliphatic rings. The molecule has 0 atom stereocenters. The Balaban J connectivity index is 1.87. The standard InChI is InChI=1S/C14H19N5O/c1-4-19-10-12(7-17-19)5-6-14(20)15-8-13-9-16-18(3)11(13)2/h5-7,9-10H,4,8H2,1-3H3,(H,15,20). The normalized spacial score (nSPS) is 11.2. The first-order valence-corrected chi connectivity index (χ1v) is 6.56. The topological polar surface area (TPSA) is 64.7 Å². The summed E-state index contributed by atoms with van der Waals surface area (Å²) in [6.45, 7) is 5.30. The Morgan fingerprint density at radius 1 is 1.40 bits per heavy atom. The van der Waals surface area contributed by atoms with Gasteiger partial charge >= 0.3 is 0 Å². The average molecular weight is 273 g/mol. The molecular formula is C14H19N5O. The van der Waals surface area contributed by atoms with E-state index in [0.29, 0.717) is 6.54 Å². The van der Waals surface area contributed by atoms with Crippen molar-refractivity contribution in [2.45, 2.75) is 26.9 Å². The summed E-state index contributed by atoms with van der Waals surface area (Å²) in [5, 5.41) is 11.1. The third kappa shape index (κ3) is 3.34. The fraction of sp³-hybridized carbons (Fsp3) is 0.357. The highest BCUT2D eigenvalue weighted by molar-refractivity contribution is 5.91. The van der Waals surface area contributed by atoms with Crippen molar-refractivity contribution in [3.05, 3.63) is 41.5 Å². The molecule has 0 saturated heterocycles. The predicted octanol–water partition coefficient (Wildman–Crippen LogP) is 1.27. The number of rotatable bonds is 5. The fourth-order valence-corrected chi connectivity index (χ4v) is 1.77. The minimum Gasteiger partial charge on any atom is -0.348 e. The van der Waals surface area contributed by atoms with E-state index in [1.165, 1.54) is 6.08 Å². The SMILES string of the molecule is CCn1cc(C=CC(=O)NCc2cnn(C)c2C)cn1. The Labute approximate surface area is 118 Å². The molecular weight excluding hydrogens is 254 g/mol. The molecule has 6 nitrogen and oxygen atoms in total. The van der Waals surface area contributed by atoms with Crippen molar-refractivity contribution in [2.24, 2.45) is 7.05 Å². The van der Waals surface area contributed by atoms with E-state index in [1.54, 1.807) is 23.2 Å². The molecule has 1 N–H and O–H groups in total. The smallest absolute Gasteiger partial charge is 0.244 e. The summed E-state index contributed by atoms with van der Waals surface area (Å²) in [6, 6.07) is 0. The van der Waals surface area contributed by atoms with E-state index < -0.39 is 0 Å². The van der Waals surface area contributed by atoms with E-state index in [0.717, 1.165) is 23.4 Å². The van der Waals surface area contributed by atoms with Crippen molar-refractivity contribution < 1.29 is 4.79 Å². The van der Waals surface area contributed by atoms with Crippen LogP contribution in [-0.4, -0.2) is 25.5 Å². The van der Waals surface area contributed by atoms with Gasteiger partial charge in [0.2, 0.25) is 5.91 Å². The lowest BCUT2D eigenvalue weighted by Crippen LogP contribution is -2.20. The minimum absolute atomic E-state index is 0.127. The van der Waals surface area contributed by atoms with Gasteiger partial charge < -0.3 is 5.32 Å². The maximum atomic E-state index is 11.7. The van der Waals surface area contributed by atoms with E-state index in [2.05, 4.69) is 15.5 Å². The number of carbonyl (C=O) groups excluding carboxylic acids is 1. The molecule has 0 aliphatic heterocycles. The van der Waals surface area contributed by atoms with Crippen molar-refractivity contribution in [1.29, 1.82) is 0 Å². The molecule has 2 heterocycles. The Morgan fingerprint density at radius 2 is 2.20 bits per heavy atom. The van der Waals surface area contributed by atoms with Crippen LogP contribution in [0.4, 0.5) is 0 Å². The monoisotopic (exact) mass is 273 g/mol. The number of aromatic nitrogens is 4. The first kappa shape index (κ1) is 14.0. The van der Waals surface area contributed by atoms with E-state index in [1.807, 2.05) is 31.8 Å². The van der Waals surface area contributed by atoms with Crippen LogP contribution >= 0.6 is 0 Å². The van der Waals surface area contributed by atoms with Gasteiger partial charge in [0.25, 0.3) is 0 Å². The average Bonchev–Trinajstić information content (AvgIpc) is 3.03. The largest absolute Gasteiger partial charge is 0.348 e. The first-order chi connectivity index (χ1) is 9.60. The molecule has 20 heavy (non-hydrogen) atoms. The molecule has 0 aromatic carbocycles. The molecule has 0 fully saturated rings. The highest BCUT2D eigenvalue weighted by Gasteiger charge is 2.04. The lowest BCUT2D eigenvalue weighted by molar-refractivity contribution is -0.116. The summed E-state index contributed by atoms with van der Waals surface area (Å²) in [4.78, 5) is 11.7. The number of aryl methyl sites for hydroxylation is 2. The highest BCUT2D eigenvalue weighted by Crippen LogP contribution is 2.05. The number of nitrogens with zero attached hydrogens (tertiary/aromatic N) is 4. The molecule has 0 radical (unpaired) electrons. The van der Waals surface area contributed by atoms with Crippen molar-refractivity contribution in [2.75, 3.05) is 0 Å². The van der Waals surface area contributed by atoms with Crippen LogP contribution in [0.3, 0.4) is 0 Å². The van der Waals surface area contributed by atoms with Crippen LogP contribution in [0.5, 0.6) is 0 Å². The van der Waals surface area contributed by atoms with Gasteiger partial charge in [-0.1, -0.05) is 0 Å². The molecule has 0 saturated carbocycles. The second-order valence-corrected chi connectivity index (χ2v) is 4.56. The number of amides is 1. The van der Waals surface area contributed by atoms with Crippen LogP contribution in [0.15, 0.2) is 24.7 Å². The molecule has 2 aromatic rings. The zero-order chi connectivity index (χ0) is 14.5. The molecule has 0 aliphatic carbocycles. The Kier molecular flexibility index (Phi) is 4.34. The molecule has 2 aromatic heterocycles. The van der Waals surface area contributed by atoms with Crippen LogP contribution in [-0.2, 0) is 24.9 Å². The van der Waals surface area contributed by atoms with Gasteiger partial charge in [0.05, 0.1) is 12.4 Å². The summed E-state index contributed by atoms with van der Waals surface area (Å²) in [7, 11) is 1.88. The second-order valence-electron chi connectivity index (χ2n) is 4.56. The second kappa shape index (κ2) is 6.18. The summed E-state index contributed by atoms with van der Waals surface area (Å²) in [5.74, 6) is -0.127. The van der Waals surface area contributed by atoms with E-state index in [9.17, 15) is 4.79 Å². The molecule has 0 bridgehead atoms. The number of hydrogen-bond acceptors (Lipinski definition) is 3. The van der Waals surface area contributed by atoms with Gasteiger partial charge in [-0.25, -0.2) is 0 Å². The molecule has 6 heteroatoms. The van der Waals surface area contributed by atoms with Crippen LogP contribution in [0.25, 0.3) is 6.08 Å². The zero-order valence-corrected chi connectivity index (χ0v) is 12.0. The van der Waals surface area contributed by atoms with E-state index >= 15 is 0 Å². The van der Waals surface area contributed by atoms with Gasteiger partial charge in [-0.2, -0.15) is 10.2 Å². The third-order valence-electron chi connectivity index (χ3n) is 3.19. The van der Waals surface area contributed by atoms with Crippen molar-refractivity contribution in [1.82, 2.24) is 24.9 Å². The zero-order valence-electron chi connectivity index (χ0n) is 12.0. The van der Waals surface area contributed by atoms with Crippen molar-refractivity contribution in [3.63, 3.8) is 0 Å². The van der Waals surface area contributed by atoms with E-state index in [-0.39, 0.29) is 5.91 Å². The fourth-order valence-electron chi connectivity index (χ4n) is 1.77. The molecule has 1 amide bonds. The molecule has 0 spiro atoms. The number of carbonyl (C=O) groups is 1. The first-order valence-electron chi connectivity index (χ1n) is 6.56. The van der Waals surface area contributed by atoms with Crippen LogP contribution < -0.4 is 5.32 Å². The maximum Gasteiger partial charge on any atom is 0.244 e. The van der Waals surface area contributed by atoms with Gasteiger partial charge in [0, 0.05) is 49.2 Å². The quantitative estimate of drug-likeness (QED) is 0.834. The van der Waals surface area contributed by atoms with Gasteiger partial charge in [-0.3, -0.25) is 14.2 Å². The Morgan fingerprint density at radius 3 is 2.80 bits per heavy atom. The minimum atomic E-state index is -0.127. The van der Waals surface area contributed by atoms with Crippen molar-refractivity contribution in [3.8, 4) is 0 Å². The lowest BCUT2D eigenvalue weighted by atomic mass is 10.2. The van der Waals surface area contributed by atoms with Crippen LogP contribution in [0.2, 0.25) is 0 Å². The molecule has 106 valence electrons. The summed E-state index contributed by atoms with van der Waals surface area (Å²) < 4.78 is 3.60. The Bertz CT molecular complexity index is 623. The van der Waals surface area contributed by atoms with Gasteiger partial charge in [0.15, 0.2) is 0 Å². The van der Waals surface area contributed by atoms with Gasteiger partial charge in [-0.15, -0.1) is 0 Å². The maximum absolute atomic E-state index is 11.7. The number of nitrogens with one attached hydrogen (secondary N) is 1. The predicted molar refractivity (Wildman–Crippen MR) is 76.7 cm³/mol. The summed E-state index contributed by atoms with van der Waals surface area (Å²) in [6.07, 6.45) is 8.67. The highest BCUT2D eigenvalue weighted by atomic mass is 16.1. The van der Waals surface area contributed by atoms with Crippen molar-refractivity contribution >= 4 is 12.0 Å². The molecule has 0 unspecified atom stereocenters. The van der Waals surface area contributed by atoms with Gasteiger partial charge in [-0.05, 0) is 19.9 Å². The molecule has 2 rings (SSSR count). The van der Waals surface area contributed by atoms with Crippen LogP contribution in [0, 0.1) is 6.92 Å². The summed E-state index contributed by atoms with van der Waals surface area (Å²) >= 11 is 0. The lowest BCUT2D eigenvalue weighted by Gasteiger charge is -2.01. The summed E-state index contributed by atoms with van der Waals surface area (Å²) in [5.41, 5.74) is 2.99. The van der Waals surface area contributed by atoms with Gasteiger partial charge in [0.1, 0.15) is 0 Å². The Hall–Kier alpha value is -2.37. The van der Waals surface area contributed by atoms with E-state index in [4.69, 9.17) is 0 Å². The third-order valence-corrected chi connectivity index (χ3v) is 3.19.